The summed E-state index contributed by atoms with van der Waals surface area (Å²) < 4.78 is 14.5. The molecule has 0 aromatic carbocycles. The number of hydrogen-bond acceptors (Lipinski definition) is 4. The highest BCUT2D eigenvalue weighted by atomic mass is 19.1. The van der Waals surface area contributed by atoms with Crippen LogP contribution in [0, 0.1) is 11.7 Å². The largest absolute Gasteiger partial charge is 0.352 e. The van der Waals surface area contributed by atoms with E-state index in [9.17, 15) is 9.18 Å². The lowest BCUT2D eigenvalue weighted by molar-refractivity contribution is -0.139. The SMILES string of the molecule is CCc1ncnc(N2CCCC(N(C)C(=O)C3CCC3)C2)c1F. The Hall–Kier alpha value is -1.72. The fourth-order valence-electron chi connectivity index (χ4n) is 3.45. The minimum absolute atomic E-state index is 0.135. The van der Waals surface area contributed by atoms with Gasteiger partial charge in [-0.3, -0.25) is 4.79 Å². The first-order valence-corrected chi connectivity index (χ1v) is 8.62. The molecule has 0 radical (unpaired) electrons. The van der Waals surface area contributed by atoms with Crippen molar-refractivity contribution < 1.29 is 9.18 Å². The molecule has 0 N–H and O–H groups in total. The van der Waals surface area contributed by atoms with E-state index in [4.69, 9.17) is 0 Å². The van der Waals surface area contributed by atoms with Crippen LogP contribution in [0.2, 0.25) is 0 Å². The van der Waals surface area contributed by atoms with E-state index >= 15 is 0 Å². The van der Waals surface area contributed by atoms with E-state index < -0.39 is 0 Å². The second-order valence-corrected chi connectivity index (χ2v) is 6.63. The number of carbonyl (C=O) groups is 1. The van der Waals surface area contributed by atoms with Crippen molar-refractivity contribution in [1.29, 1.82) is 0 Å². The van der Waals surface area contributed by atoms with Gasteiger partial charge in [0.2, 0.25) is 5.91 Å². The highest BCUT2D eigenvalue weighted by Gasteiger charge is 2.33. The first kappa shape index (κ1) is 16.1. The number of hydrogen-bond donors (Lipinski definition) is 0. The molecule has 3 rings (SSSR count). The number of aromatic nitrogens is 2. The van der Waals surface area contributed by atoms with E-state index in [0.717, 1.165) is 38.6 Å². The van der Waals surface area contributed by atoms with Gasteiger partial charge in [0.15, 0.2) is 11.6 Å². The zero-order valence-corrected chi connectivity index (χ0v) is 14.0. The molecule has 5 nitrogen and oxygen atoms in total. The molecule has 1 aromatic heterocycles. The lowest BCUT2D eigenvalue weighted by Gasteiger charge is -2.40. The first-order valence-electron chi connectivity index (χ1n) is 8.62. The average molecular weight is 320 g/mol. The Morgan fingerprint density at radius 3 is 2.78 bits per heavy atom. The van der Waals surface area contributed by atoms with E-state index in [0.29, 0.717) is 24.5 Å². The summed E-state index contributed by atoms with van der Waals surface area (Å²) in [6, 6.07) is 0.135. The first-order chi connectivity index (χ1) is 11.1. The molecule has 0 spiro atoms. The van der Waals surface area contributed by atoms with Crippen molar-refractivity contribution in [2.75, 3.05) is 25.0 Å². The monoisotopic (exact) mass is 320 g/mol. The molecule has 1 saturated heterocycles. The number of likely N-dealkylation sites (N-methyl/N-ethyl adjacent to an activating group) is 1. The van der Waals surface area contributed by atoms with Gasteiger partial charge in [-0.05, 0) is 32.1 Å². The minimum Gasteiger partial charge on any atom is -0.352 e. The van der Waals surface area contributed by atoms with E-state index in [1.165, 1.54) is 6.33 Å². The van der Waals surface area contributed by atoms with Crippen molar-refractivity contribution >= 4 is 11.7 Å². The van der Waals surface area contributed by atoms with Gasteiger partial charge >= 0.3 is 0 Å². The summed E-state index contributed by atoms with van der Waals surface area (Å²) in [4.78, 5) is 24.4. The van der Waals surface area contributed by atoms with Gasteiger partial charge < -0.3 is 9.80 Å². The van der Waals surface area contributed by atoms with Crippen LogP contribution in [0.25, 0.3) is 0 Å². The molecule has 2 heterocycles. The topological polar surface area (TPSA) is 49.3 Å². The van der Waals surface area contributed by atoms with Crippen molar-refractivity contribution in [3.05, 3.63) is 17.8 Å². The Balaban J connectivity index is 1.72. The summed E-state index contributed by atoms with van der Waals surface area (Å²) >= 11 is 0. The van der Waals surface area contributed by atoms with Crippen LogP contribution in [0.4, 0.5) is 10.2 Å². The molecule has 1 aliphatic heterocycles. The Morgan fingerprint density at radius 2 is 2.13 bits per heavy atom. The van der Waals surface area contributed by atoms with Crippen molar-refractivity contribution in [2.24, 2.45) is 5.92 Å². The number of carbonyl (C=O) groups excluding carboxylic acids is 1. The molecule has 2 fully saturated rings. The van der Waals surface area contributed by atoms with E-state index in [1.54, 1.807) is 0 Å². The Kier molecular flexibility index (Phi) is 4.78. The summed E-state index contributed by atoms with van der Waals surface area (Å²) in [6.07, 6.45) is 7.09. The number of nitrogens with zero attached hydrogens (tertiary/aromatic N) is 4. The second-order valence-electron chi connectivity index (χ2n) is 6.63. The summed E-state index contributed by atoms with van der Waals surface area (Å²) in [5.41, 5.74) is 0.455. The minimum atomic E-state index is -0.316. The van der Waals surface area contributed by atoms with Crippen LogP contribution in [0.3, 0.4) is 0 Å². The molecule has 126 valence electrons. The number of piperidine rings is 1. The van der Waals surface area contributed by atoms with Crippen LogP contribution in [0.15, 0.2) is 6.33 Å². The third-order valence-electron chi connectivity index (χ3n) is 5.22. The molecule has 1 aliphatic carbocycles. The molecule has 1 aromatic rings. The van der Waals surface area contributed by atoms with Crippen LogP contribution in [0.5, 0.6) is 0 Å². The van der Waals surface area contributed by atoms with Gasteiger partial charge in [-0.15, -0.1) is 0 Å². The number of aryl methyl sites for hydroxylation is 1. The van der Waals surface area contributed by atoms with E-state index in [2.05, 4.69) is 9.97 Å². The summed E-state index contributed by atoms with van der Waals surface area (Å²) in [5.74, 6) is 0.521. The van der Waals surface area contributed by atoms with Gasteiger partial charge in [-0.2, -0.15) is 0 Å². The van der Waals surface area contributed by atoms with Gasteiger partial charge in [0.25, 0.3) is 0 Å². The lowest BCUT2D eigenvalue weighted by atomic mass is 9.84. The molecule has 2 aliphatic rings. The predicted molar refractivity (Wildman–Crippen MR) is 86.7 cm³/mol. The third kappa shape index (κ3) is 3.16. The quantitative estimate of drug-likeness (QED) is 0.855. The van der Waals surface area contributed by atoms with Crippen molar-refractivity contribution in [2.45, 2.75) is 51.5 Å². The van der Waals surface area contributed by atoms with E-state index in [1.807, 2.05) is 23.8 Å². The Labute approximate surface area is 136 Å². The zero-order chi connectivity index (χ0) is 16.4. The van der Waals surface area contributed by atoms with Crippen LogP contribution >= 0.6 is 0 Å². The van der Waals surface area contributed by atoms with Gasteiger partial charge in [0.1, 0.15) is 6.33 Å². The average Bonchev–Trinajstić information content (AvgIpc) is 2.53. The summed E-state index contributed by atoms with van der Waals surface area (Å²) in [6.45, 7) is 3.31. The van der Waals surface area contributed by atoms with Gasteiger partial charge in [0.05, 0.1) is 5.69 Å². The van der Waals surface area contributed by atoms with Gasteiger partial charge in [0, 0.05) is 32.1 Å². The van der Waals surface area contributed by atoms with Crippen molar-refractivity contribution in [3.8, 4) is 0 Å². The molecule has 1 atom stereocenters. The maximum Gasteiger partial charge on any atom is 0.225 e. The van der Waals surface area contributed by atoms with Crippen LogP contribution < -0.4 is 4.90 Å². The smallest absolute Gasteiger partial charge is 0.225 e. The van der Waals surface area contributed by atoms with Crippen LogP contribution in [-0.4, -0.2) is 47.0 Å². The van der Waals surface area contributed by atoms with Gasteiger partial charge in [-0.1, -0.05) is 13.3 Å². The molecular weight excluding hydrogens is 295 g/mol. The number of halogens is 1. The maximum atomic E-state index is 14.5. The summed E-state index contributed by atoms with van der Waals surface area (Å²) in [5, 5.41) is 0. The number of amides is 1. The molecule has 1 saturated carbocycles. The van der Waals surface area contributed by atoms with Crippen molar-refractivity contribution in [1.82, 2.24) is 14.9 Å². The number of anilines is 1. The maximum absolute atomic E-state index is 14.5. The fourth-order valence-corrected chi connectivity index (χ4v) is 3.45. The number of rotatable bonds is 4. The molecule has 0 bridgehead atoms. The second kappa shape index (κ2) is 6.81. The fraction of sp³-hybridized carbons (Fsp3) is 0.706. The van der Waals surface area contributed by atoms with E-state index in [-0.39, 0.29) is 23.7 Å². The predicted octanol–water partition coefficient (Wildman–Crippen LogP) is 2.41. The van der Waals surface area contributed by atoms with Crippen LogP contribution in [0.1, 0.15) is 44.7 Å². The summed E-state index contributed by atoms with van der Waals surface area (Å²) in [7, 11) is 1.89. The zero-order valence-electron chi connectivity index (χ0n) is 14.0. The molecule has 23 heavy (non-hydrogen) atoms. The normalized spacial score (nSPS) is 21.9. The molecule has 6 heteroatoms. The van der Waals surface area contributed by atoms with Gasteiger partial charge in [-0.25, -0.2) is 14.4 Å². The lowest BCUT2D eigenvalue weighted by Crippen LogP contribution is -2.51. The standard InChI is InChI=1S/C17H25FN4O/c1-3-14-15(18)16(20-11-19-14)22-9-5-8-13(10-22)21(2)17(23)12-6-4-7-12/h11-13H,3-10H2,1-2H3. The third-order valence-corrected chi connectivity index (χ3v) is 5.22. The van der Waals surface area contributed by atoms with Crippen LogP contribution in [-0.2, 0) is 11.2 Å². The highest BCUT2D eigenvalue weighted by Crippen LogP contribution is 2.30. The molecule has 1 unspecified atom stereocenters. The Bertz CT molecular complexity index is 576. The Morgan fingerprint density at radius 1 is 1.35 bits per heavy atom. The highest BCUT2D eigenvalue weighted by molar-refractivity contribution is 5.79. The van der Waals surface area contributed by atoms with Crippen molar-refractivity contribution in [3.63, 3.8) is 0 Å². The molecule has 1 amide bonds. The molecular formula is C17H25FN4O.